The van der Waals surface area contributed by atoms with Crippen molar-refractivity contribution in [3.8, 4) is 11.5 Å². The second-order valence-corrected chi connectivity index (χ2v) is 6.54. The van der Waals surface area contributed by atoms with Crippen LogP contribution < -0.4 is 15.0 Å². The molecule has 0 atom stereocenters. The molecule has 0 aliphatic heterocycles. The van der Waals surface area contributed by atoms with Gasteiger partial charge in [0, 0.05) is 19.3 Å². The molecule has 0 saturated carbocycles. The predicted octanol–water partition coefficient (Wildman–Crippen LogP) is 5.04. The summed E-state index contributed by atoms with van der Waals surface area (Å²) in [4.78, 5) is 6.60. The SMILES string of the molecule is CN(Cc1ccccc1)c1cnnc(Nc2ccc(Oc3ccccc3)cc2)n1. The van der Waals surface area contributed by atoms with E-state index in [9.17, 15) is 0 Å². The first kappa shape index (κ1) is 18.4. The quantitative estimate of drug-likeness (QED) is 0.482. The maximum absolute atomic E-state index is 5.81. The van der Waals surface area contributed by atoms with Gasteiger partial charge in [-0.3, -0.25) is 0 Å². The van der Waals surface area contributed by atoms with Crippen molar-refractivity contribution in [1.82, 2.24) is 15.2 Å². The maximum atomic E-state index is 5.81. The molecule has 0 bridgehead atoms. The van der Waals surface area contributed by atoms with Gasteiger partial charge in [0.15, 0.2) is 5.82 Å². The number of anilines is 3. The lowest BCUT2D eigenvalue weighted by Crippen LogP contribution is -2.18. The Balaban J connectivity index is 1.41. The zero-order valence-corrected chi connectivity index (χ0v) is 16.1. The Bertz CT molecular complexity index is 1040. The molecule has 4 rings (SSSR count). The highest BCUT2D eigenvalue weighted by molar-refractivity contribution is 5.55. The third kappa shape index (κ3) is 5.07. The van der Waals surface area contributed by atoms with Crippen molar-refractivity contribution >= 4 is 17.5 Å². The molecule has 3 aromatic carbocycles. The van der Waals surface area contributed by atoms with E-state index >= 15 is 0 Å². The van der Waals surface area contributed by atoms with Crippen molar-refractivity contribution in [2.45, 2.75) is 6.54 Å². The molecule has 0 radical (unpaired) electrons. The van der Waals surface area contributed by atoms with Crippen LogP contribution in [-0.4, -0.2) is 22.2 Å². The first-order chi connectivity index (χ1) is 14.3. The second-order valence-electron chi connectivity index (χ2n) is 6.54. The van der Waals surface area contributed by atoms with Crippen molar-refractivity contribution < 1.29 is 4.74 Å². The van der Waals surface area contributed by atoms with Crippen LogP contribution in [0.1, 0.15) is 5.56 Å². The molecule has 0 amide bonds. The maximum Gasteiger partial charge on any atom is 0.249 e. The van der Waals surface area contributed by atoms with Gasteiger partial charge in [0.1, 0.15) is 11.5 Å². The van der Waals surface area contributed by atoms with Gasteiger partial charge in [-0.1, -0.05) is 48.5 Å². The number of hydrogen-bond acceptors (Lipinski definition) is 6. The van der Waals surface area contributed by atoms with Crippen LogP contribution in [0.3, 0.4) is 0 Å². The highest BCUT2D eigenvalue weighted by Gasteiger charge is 2.07. The minimum absolute atomic E-state index is 0.444. The van der Waals surface area contributed by atoms with E-state index in [0.717, 1.165) is 29.5 Å². The lowest BCUT2D eigenvalue weighted by molar-refractivity contribution is 0.483. The van der Waals surface area contributed by atoms with Gasteiger partial charge in [0.05, 0.1) is 6.20 Å². The number of benzene rings is 3. The lowest BCUT2D eigenvalue weighted by atomic mass is 10.2. The fraction of sp³-hybridized carbons (Fsp3) is 0.0870. The summed E-state index contributed by atoms with van der Waals surface area (Å²) in [6.07, 6.45) is 1.66. The van der Waals surface area contributed by atoms with Crippen LogP contribution in [0.25, 0.3) is 0 Å². The molecule has 6 heteroatoms. The average molecular weight is 383 g/mol. The number of ether oxygens (including phenoxy) is 1. The van der Waals surface area contributed by atoms with E-state index in [1.54, 1.807) is 6.20 Å². The van der Waals surface area contributed by atoms with Gasteiger partial charge < -0.3 is 15.0 Å². The first-order valence-electron chi connectivity index (χ1n) is 9.31. The van der Waals surface area contributed by atoms with Crippen LogP contribution >= 0.6 is 0 Å². The van der Waals surface area contributed by atoms with Crippen LogP contribution in [0.4, 0.5) is 17.5 Å². The number of nitrogens with zero attached hydrogens (tertiary/aromatic N) is 4. The number of aromatic nitrogens is 3. The minimum Gasteiger partial charge on any atom is -0.457 e. The molecule has 0 aliphatic carbocycles. The molecule has 0 unspecified atom stereocenters. The second kappa shape index (κ2) is 8.84. The summed E-state index contributed by atoms with van der Waals surface area (Å²) >= 11 is 0. The zero-order chi connectivity index (χ0) is 19.9. The standard InChI is InChI=1S/C23H21N5O/c1-28(17-18-8-4-2-5-9-18)22-16-24-27-23(26-22)25-19-12-14-21(15-13-19)29-20-10-6-3-7-11-20/h2-16H,17H2,1H3,(H,25,26,27). The van der Waals surface area contributed by atoms with Crippen molar-refractivity contribution in [3.63, 3.8) is 0 Å². The van der Waals surface area contributed by atoms with E-state index < -0.39 is 0 Å². The Morgan fingerprint density at radius 3 is 2.21 bits per heavy atom. The lowest BCUT2D eigenvalue weighted by Gasteiger charge is -2.18. The van der Waals surface area contributed by atoms with E-state index in [1.807, 2.05) is 84.7 Å². The molecule has 6 nitrogen and oxygen atoms in total. The summed E-state index contributed by atoms with van der Waals surface area (Å²) < 4.78 is 5.81. The Labute approximate surface area is 169 Å². The monoisotopic (exact) mass is 383 g/mol. The minimum atomic E-state index is 0.444. The van der Waals surface area contributed by atoms with Crippen LogP contribution in [0.15, 0.2) is 91.1 Å². The van der Waals surface area contributed by atoms with Crippen molar-refractivity contribution in [2.24, 2.45) is 0 Å². The molecule has 4 aromatic rings. The van der Waals surface area contributed by atoms with Gasteiger partial charge >= 0.3 is 0 Å². The summed E-state index contributed by atoms with van der Waals surface area (Å²) in [6.45, 7) is 0.741. The van der Waals surface area contributed by atoms with Crippen molar-refractivity contribution in [1.29, 1.82) is 0 Å². The Morgan fingerprint density at radius 2 is 1.48 bits per heavy atom. The fourth-order valence-electron chi connectivity index (χ4n) is 2.83. The predicted molar refractivity (Wildman–Crippen MR) is 115 cm³/mol. The summed E-state index contributed by atoms with van der Waals surface area (Å²) in [5, 5.41) is 11.3. The van der Waals surface area contributed by atoms with Crippen LogP contribution in [-0.2, 0) is 6.54 Å². The molecule has 1 aromatic heterocycles. The smallest absolute Gasteiger partial charge is 0.249 e. The van der Waals surface area contributed by atoms with E-state index in [0.29, 0.717) is 5.95 Å². The Morgan fingerprint density at radius 1 is 0.828 bits per heavy atom. The Hall–Kier alpha value is -3.93. The van der Waals surface area contributed by atoms with Gasteiger partial charge in [0.2, 0.25) is 5.95 Å². The molecule has 144 valence electrons. The van der Waals surface area contributed by atoms with Gasteiger partial charge in [-0.25, -0.2) is 0 Å². The molecule has 0 fully saturated rings. The third-order valence-electron chi connectivity index (χ3n) is 4.29. The fourth-order valence-corrected chi connectivity index (χ4v) is 2.83. The largest absolute Gasteiger partial charge is 0.457 e. The average Bonchev–Trinajstić information content (AvgIpc) is 2.77. The highest BCUT2D eigenvalue weighted by Crippen LogP contribution is 2.24. The van der Waals surface area contributed by atoms with Gasteiger partial charge in [-0.05, 0) is 42.0 Å². The number of hydrogen-bond donors (Lipinski definition) is 1. The topological polar surface area (TPSA) is 63.2 Å². The summed E-state index contributed by atoms with van der Waals surface area (Å²) in [5.41, 5.74) is 2.06. The van der Waals surface area contributed by atoms with E-state index in [4.69, 9.17) is 4.74 Å². The molecule has 29 heavy (non-hydrogen) atoms. The molecular formula is C23H21N5O. The third-order valence-corrected chi connectivity index (χ3v) is 4.29. The Kier molecular flexibility index (Phi) is 5.62. The normalized spacial score (nSPS) is 10.4. The van der Waals surface area contributed by atoms with Crippen molar-refractivity contribution in [2.75, 3.05) is 17.3 Å². The number of para-hydroxylation sites is 1. The molecule has 0 saturated heterocycles. The first-order valence-corrected chi connectivity index (χ1v) is 9.31. The van der Waals surface area contributed by atoms with E-state index in [-0.39, 0.29) is 0 Å². The highest BCUT2D eigenvalue weighted by atomic mass is 16.5. The molecular weight excluding hydrogens is 362 g/mol. The van der Waals surface area contributed by atoms with Gasteiger partial charge in [-0.2, -0.15) is 10.1 Å². The van der Waals surface area contributed by atoms with Gasteiger partial charge in [-0.15, -0.1) is 5.10 Å². The summed E-state index contributed by atoms with van der Waals surface area (Å²) in [7, 11) is 1.98. The van der Waals surface area contributed by atoms with Gasteiger partial charge in [0.25, 0.3) is 0 Å². The summed E-state index contributed by atoms with van der Waals surface area (Å²) in [5.74, 6) is 2.75. The summed E-state index contributed by atoms with van der Waals surface area (Å²) in [6, 6.07) is 27.5. The molecule has 1 N–H and O–H groups in total. The van der Waals surface area contributed by atoms with E-state index in [1.165, 1.54) is 5.56 Å². The zero-order valence-electron chi connectivity index (χ0n) is 16.1. The van der Waals surface area contributed by atoms with Crippen molar-refractivity contribution in [3.05, 3.63) is 96.7 Å². The van der Waals surface area contributed by atoms with Crippen LogP contribution in [0.2, 0.25) is 0 Å². The van der Waals surface area contributed by atoms with Crippen LogP contribution in [0.5, 0.6) is 11.5 Å². The van der Waals surface area contributed by atoms with E-state index in [2.05, 4.69) is 32.6 Å². The molecule has 0 spiro atoms. The molecule has 0 aliphatic rings. The number of rotatable bonds is 7. The number of nitrogens with one attached hydrogen (secondary N) is 1. The molecule has 1 heterocycles. The van der Waals surface area contributed by atoms with Crippen LogP contribution in [0, 0.1) is 0 Å².